The van der Waals surface area contributed by atoms with E-state index < -0.39 is 6.29 Å². The fraction of sp³-hybridized carbons (Fsp3) is 0.500. The van der Waals surface area contributed by atoms with Gasteiger partial charge in [-0.15, -0.1) is 0 Å². The summed E-state index contributed by atoms with van der Waals surface area (Å²) >= 11 is 0. The lowest BCUT2D eigenvalue weighted by Crippen LogP contribution is -2.29. The van der Waals surface area contributed by atoms with Crippen LogP contribution in [0.2, 0.25) is 0 Å². The van der Waals surface area contributed by atoms with Crippen LogP contribution in [0.15, 0.2) is 18.2 Å². The third-order valence-corrected chi connectivity index (χ3v) is 2.86. The molecule has 1 aromatic carbocycles. The predicted octanol–water partition coefficient (Wildman–Crippen LogP) is 1.24. The van der Waals surface area contributed by atoms with Crippen LogP contribution in [0.25, 0.3) is 0 Å². The van der Waals surface area contributed by atoms with Crippen LogP contribution in [0.3, 0.4) is 0 Å². The number of hydrogen-bond donors (Lipinski definition) is 1. The van der Waals surface area contributed by atoms with E-state index in [1.54, 1.807) is 14.2 Å². The monoisotopic (exact) mass is 223 g/mol. The molecule has 4 heteroatoms. The lowest BCUT2D eigenvalue weighted by Gasteiger charge is -2.22. The van der Waals surface area contributed by atoms with Crippen LogP contribution in [0.1, 0.15) is 17.2 Å². The maximum Gasteiger partial charge on any atom is 0.176 e. The first-order chi connectivity index (χ1) is 7.77. The van der Waals surface area contributed by atoms with E-state index in [0.29, 0.717) is 0 Å². The number of fused-ring (bicyclic) bond motifs is 1. The van der Waals surface area contributed by atoms with Gasteiger partial charge in [-0.2, -0.15) is 0 Å². The summed E-state index contributed by atoms with van der Waals surface area (Å²) in [5.41, 5.74) is 8.26. The molecule has 1 atom stereocenters. The number of hydrogen-bond acceptors (Lipinski definition) is 4. The van der Waals surface area contributed by atoms with Crippen molar-refractivity contribution in [2.75, 3.05) is 20.8 Å². The third kappa shape index (κ3) is 1.91. The molecule has 0 spiro atoms. The number of ether oxygens (including phenoxy) is 3. The van der Waals surface area contributed by atoms with Gasteiger partial charge in [-0.1, -0.05) is 18.2 Å². The second-order valence-corrected chi connectivity index (χ2v) is 3.80. The van der Waals surface area contributed by atoms with Crippen molar-refractivity contribution in [3.63, 3.8) is 0 Å². The van der Waals surface area contributed by atoms with Crippen molar-refractivity contribution in [3.8, 4) is 5.75 Å². The smallest absolute Gasteiger partial charge is 0.176 e. The van der Waals surface area contributed by atoms with Crippen LogP contribution in [0, 0.1) is 0 Å². The Balaban J connectivity index is 2.30. The van der Waals surface area contributed by atoms with E-state index in [-0.39, 0.29) is 6.04 Å². The Bertz CT molecular complexity index is 363. The molecule has 1 unspecified atom stereocenters. The summed E-state index contributed by atoms with van der Waals surface area (Å²) in [6.45, 7) is 0.726. The zero-order chi connectivity index (χ0) is 11.5. The molecule has 1 aromatic rings. The Morgan fingerprint density at radius 3 is 2.75 bits per heavy atom. The van der Waals surface area contributed by atoms with Gasteiger partial charge in [-0.25, -0.2) is 0 Å². The highest BCUT2D eigenvalue weighted by molar-refractivity contribution is 5.45. The summed E-state index contributed by atoms with van der Waals surface area (Å²) in [5.74, 6) is 0.897. The van der Waals surface area contributed by atoms with Crippen molar-refractivity contribution in [2.45, 2.75) is 18.8 Å². The van der Waals surface area contributed by atoms with Crippen molar-refractivity contribution in [3.05, 3.63) is 29.3 Å². The summed E-state index contributed by atoms with van der Waals surface area (Å²) in [6, 6.07) is 5.68. The van der Waals surface area contributed by atoms with Gasteiger partial charge >= 0.3 is 0 Å². The minimum absolute atomic E-state index is 0.331. The quantitative estimate of drug-likeness (QED) is 0.780. The van der Waals surface area contributed by atoms with E-state index in [1.165, 1.54) is 5.56 Å². The topological polar surface area (TPSA) is 53.7 Å². The van der Waals surface area contributed by atoms with Crippen molar-refractivity contribution in [1.29, 1.82) is 0 Å². The molecular weight excluding hydrogens is 206 g/mol. The fourth-order valence-electron chi connectivity index (χ4n) is 2.04. The second kappa shape index (κ2) is 4.82. The van der Waals surface area contributed by atoms with Gasteiger partial charge in [0, 0.05) is 26.2 Å². The van der Waals surface area contributed by atoms with E-state index in [0.717, 1.165) is 24.3 Å². The summed E-state index contributed by atoms with van der Waals surface area (Å²) in [4.78, 5) is 0. The molecule has 0 aromatic heterocycles. The Morgan fingerprint density at radius 2 is 2.06 bits per heavy atom. The number of benzene rings is 1. The molecule has 0 fully saturated rings. The van der Waals surface area contributed by atoms with Gasteiger partial charge in [0.25, 0.3) is 0 Å². The second-order valence-electron chi connectivity index (χ2n) is 3.80. The molecule has 0 saturated heterocycles. The van der Waals surface area contributed by atoms with Gasteiger partial charge in [-0.3, -0.25) is 0 Å². The summed E-state index contributed by atoms with van der Waals surface area (Å²) in [5, 5.41) is 0. The van der Waals surface area contributed by atoms with Gasteiger partial charge in [0.2, 0.25) is 0 Å². The Hall–Kier alpha value is -1.10. The highest BCUT2D eigenvalue weighted by atomic mass is 16.7. The molecular formula is C12H17NO3. The van der Waals surface area contributed by atoms with Gasteiger partial charge in [0.05, 0.1) is 12.6 Å². The molecule has 1 aliphatic heterocycles. The maximum absolute atomic E-state index is 6.10. The standard InChI is InChI=1S/C12H17NO3/c1-14-12(15-2)10(13)9-5-3-4-8-6-7-16-11(8)9/h3-5,10,12H,6-7,13H2,1-2H3. The summed E-state index contributed by atoms with van der Waals surface area (Å²) < 4.78 is 15.9. The first kappa shape index (κ1) is 11.4. The molecule has 1 aliphatic rings. The number of nitrogens with two attached hydrogens (primary N) is 1. The average Bonchev–Trinajstić information content (AvgIpc) is 2.78. The van der Waals surface area contributed by atoms with Crippen LogP contribution < -0.4 is 10.5 Å². The molecule has 16 heavy (non-hydrogen) atoms. The van der Waals surface area contributed by atoms with E-state index in [1.807, 2.05) is 12.1 Å². The highest BCUT2D eigenvalue weighted by Crippen LogP contribution is 2.34. The molecule has 0 radical (unpaired) electrons. The van der Waals surface area contributed by atoms with Crippen LogP contribution in [0.4, 0.5) is 0 Å². The van der Waals surface area contributed by atoms with Crippen LogP contribution >= 0.6 is 0 Å². The van der Waals surface area contributed by atoms with Gasteiger partial charge in [0.15, 0.2) is 6.29 Å². The Labute approximate surface area is 95.3 Å². The minimum atomic E-state index is -0.448. The number of rotatable bonds is 4. The van der Waals surface area contributed by atoms with Crippen molar-refractivity contribution >= 4 is 0 Å². The van der Waals surface area contributed by atoms with Crippen LogP contribution in [0.5, 0.6) is 5.75 Å². The average molecular weight is 223 g/mol. The van der Waals surface area contributed by atoms with E-state index >= 15 is 0 Å². The van der Waals surface area contributed by atoms with Crippen LogP contribution in [-0.2, 0) is 15.9 Å². The molecule has 0 bridgehead atoms. The lowest BCUT2D eigenvalue weighted by atomic mass is 10.0. The summed E-state index contributed by atoms with van der Waals surface area (Å²) in [7, 11) is 3.16. The Kier molecular flexibility index (Phi) is 3.43. The van der Waals surface area contributed by atoms with Gasteiger partial charge in [0.1, 0.15) is 5.75 Å². The maximum atomic E-state index is 6.10. The zero-order valence-electron chi connectivity index (χ0n) is 9.60. The normalized spacial score (nSPS) is 16.0. The lowest BCUT2D eigenvalue weighted by molar-refractivity contribution is -0.117. The molecule has 0 aliphatic carbocycles. The van der Waals surface area contributed by atoms with Gasteiger partial charge in [-0.05, 0) is 5.56 Å². The molecule has 0 saturated carbocycles. The molecule has 4 nitrogen and oxygen atoms in total. The van der Waals surface area contributed by atoms with Crippen molar-refractivity contribution in [1.82, 2.24) is 0 Å². The van der Waals surface area contributed by atoms with Gasteiger partial charge < -0.3 is 19.9 Å². The molecule has 2 N–H and O–H groups in total. The fourth-order valence-corrected chi connectivity index (χ4v) is 2.04. The molecule has 88 valence electrons. The molecule has 2 rings (SSSR count). The van der Waals surface area contributed by atoms with E-state index in [4.69, 9.17) is 19.9 Å². The predicted molar refractivity (Wildman–Crippen MR) is 60.4 cm³/mol. The molecule has 1 heterocycles. The first-order valence-electron chi connectivity index (χ1n) is 5.33. The first-order valence-corrected chi connectivity index (χ1v) is 5.33. The van der Waals surface area contributed by atoms with E-state index in [9.17, 15) is 0 Å². The number of para-hydroxylation sites is 1. The largest absolute Gasteiger partial charge is 0.493 e. The third-order valence-electron chi connectivity index (χ3n) is 2.86. The Morgan fingerprint density at radius 1 is 1.31 bits per heavy atom. The van der Waals surface area contributed by atoms with Crippen molar-refractivity contribution in [2.24, 2.45) is 5.73 Å². The molecule has 0 amide bonds. The summed E-state index contributed by atoms with van der Waals surface area (Å²) in [6.07, 6.45) is 0.497. The highest BCUT2D eigenvalue weighted by Gasteiger charge is 2.25. The minimum Gasteiger partial charge on any atom is -0.493 e. The number of methoxy groups -OCH3 is 2. The van der Waals surface area contributed by atoms with Crippen LogP contribution in [-0.4, -0.2) is 27.1 Å². The van der Waals surface area contributed by atoms with E-state index in [2.05, 4.69) is 6.07 Å². The van der Waals surface area contributed by atoms with Crippen molar-refractivity contribution < 1.29 is 14.2 Å². The SMILES string of the molecule is COC(OC)C(N)c1cccc2c1OCC2. The zero-order valence-corrected chi connectivity index (χ0v) is 9.60.